The summed E-state index contributed by atoms with van der Waals surface area (Å²) in [6.45, 7) is 1.41. The third-order valence-electron chi connectivity index (χ3n) is 3.82. The van der Waals surface area contributed by atoms with Crippen LogP contribution in [0.3, 0.4) is 0 Å². The van der Waals surface area contributed by atoms with Crippen molar-refractivity contribution in [2.75, 3.05) is 0 Å². The monoisotopic (exact) mass is 421 g/mol. The molecule has 3 rings (SSSR count). The second-order valence-corrected chi connectivity index (χ2v) is 6.77. The summed E-state index contributed by atoms with van der Waals surface area (Å²) < 4.78 is 49.8. The molecule has 29 heavy (non-hydrogen) atoms. The van der Waals surface area contributed by atoms with Crippen LogP contribution in [-0.2, 0) is 18.9 Å². The maximum atomic E-state index is 13.7. The van der Waals surface area contributed by atoms with Gasteiger partial charge in [-0.3, -0.25) is 4.57 Å². The Morgan fingerprint density at radius 1 is 1.10 bits per heavy atom. The highest BCUT2D eigenvalue weighted by Crippen LogP contribution is 2.25. The van der Waals surface area contributed by atoms with Crippen molar-refractivity contribution in [3.8, 4) is 11.5 Å². The van der Waals surface area contributed by atoms with Crippen molar-refractivity contribution in [3.63, 3.8) is 0 Å². The number of ether oxygens (including phenoxy) is 2. The van der Waals surface area contributed by atoms with Gasteiger partial charge in [-0.2, -0.15) is 8.78 Å². The minimum absolute atomic E-state index is 0.0575. The van der Waals surface area contributed by atoms with Gasteiger partial charge >= 0.3 is 6.61 Å². The molecule has 0 N–H and O–H groups in total. The lowest BCUT2D eigenvalue weighted by atomic mass is 10.2. The zero-order valence-corrected chi connectivity index (χ0v) is 16.1. The lowest BCUT2D eigenvalue weighted by Gasteiger charge is -2.10. The van der Waals surface area contributed by atoms with E-state index < -0.39 is 12.4 Å². The molecule has 0 saturated heterocycles. The van der Waals surface area contributed by atoms with E-state index in [-0.39, 0.29) is 18.1 Å². The van der Waals surface area contributed by atoms with Crippen LogP contribution in [0.2, 0.25) is 0 Å². The molecule has 0 saturated carbocycles. The average Bonchev–Trinajstić information content (AvgIpc) is 3.08. The van der Waals surface area contributed by atoms with Crippen molar-refractivity contribution in [2.45, 2.75) is 30.7 Å². The van der Waals surface area contributed by atoms with E-state index in [0.29, 0.717) is 23.3 Å². The molecule has 0 aliphatic rings. The lowest BCUT2D eigenvalue weighted by molar-refractivity contribution is -0.0498. The van der Waals surface area contributed by atoms with Gasteiger partial charge in [0.05, 0.1) is 0 Å². The summed E-state index contributed by atoms with van der Waals surface area (Å²) >= 11 is 1.43. The van der Waals surface area contributed by atoms with Gasteiger partial charge < -0.3 is 9.47 Å². The third kappa shape index (κ3) is 5.77. The van der Waals surface area contributed by atoms with Crippen molar-refractivity contribution < 1.29 is 22.6 Å². The Hall–Kier alpha value is -2.94. The lowest BCUT2D eigenvalue weighted by Crippen LogP contribution is -2.08. The van der Waals surface area contributed by atoms with Crippen molar-refractivity contribution in [1.29, 1.82) is 0 Å². The van der Waals surface area contributed by atoms with Gasteiger partial charge in [0, 0.05) is 12.3 Å². The number of nitrogens with zero attached hydrogens (tertiary/aromatic N) is 3. The fraction of sp³-hybridized carbons (Fsp3) is 0.200. The molecule has 0 atom stereocenters. The highest BCUT2D eigenvalue weighted by atomic mass is 32.2. The summed E-state index contributed by atoms with van der Waals surface area (Å²) in [7, 11) is 0. The molecule has 1 aromatic heterocycles. The molecular weight excluding hydrogens is 403 g/mol. The van der Waals surface area contributed by atoms with Crippen LogP contribution in [0.1, 0.15) is 11.4 Å². The summed E-state index contributed by atoms with van der Waals surface area (Å²) in [6.07, 6.45) is 1.70. The predicted molar refractivity (Wildman–Crippen MR) is 104 cm³/mol. The molecule has 0 unspecified atom stereocenters. The molecule has 0 spiro atoms. The van der Waals surface area contributed by atoms with Crippen LogP contribution >= 0.6 is 11.8 Å². The Labute approximate surface area is 170 Å². The number of allylic oxidation sites excluding steroid dienone is 1. The van der Waals surface area contributed by atoms with Gasteiger partial charge in [0.2, 0.25) is 0 Å². The first-order chi connectivity index (χ1) is 14.1. The Morgan fingerprint density at radius 2 is 1.86 bits per heavy atom. The Bertz CT molecular complexity index is 948. The Kier molecular flexibility index (Phi) is 7.18. The van der Waals surface area contributed by atoms with Crippen molar-refractivity contribution >= 4 is 11.8 Å². The first kappa shape index (κ1) is 20.8. The van der Waals surface area contributed by atoms with Crippen LogP contribution in [0.25, 0.3) is 0 Å². The average molecular weight is 421 g/mol. The summed E-state index contributed by atoms with van der Waals surface area (Å²) in [5.41, 5.74) is 0.911. The first-order valence-electron chi connectivity index (χ1n) is 8.63. The number of halogens is 3. The molecule has 152 valence electrons. The molecule has 2 aromatic carbocycles. The zero-order chi connectivity index (χ0) is 20.6. The predicted octanol–water partition coefficient (Wildman–Crippen LogP) is 5.08. The van der Waals surface area contributed by atoms with Crippen LogP contribution in [0.5, 0.6) is 11.5 Å². The fourth-order valence-electron chi connectivity index (χ4n) is 2.46. The van der Waals surface area contributed by atoms with Crippen LogP contribution in [0, 0.1) is 5.82 Å². The summed E-state index contributed by atoms with van der Waals surface area (Å²) in [6, 6.07) is 12.5. The van der Waals surface area contributed by atoms with Gasteiger partial charge in [0.1, 0.15) is 12.4 Å². The topological polar surface area (TPSA) is 49.2 Å². The molecule has 9 heteroatoms. The van der Waals surface area contributed by atoms with Gasteiger partial charge in [0.25, 0.3) is 0 Å². The number of rotatable bonds is 10. The normalized spacial score (nSPS) is 10.9. The SMILES string of the molecule is C=CCn1c(COc2ccccc2F)nnc1SCc1ccc(OC(F)F)cc1. The molecule has 3 aromatic rings. The number of hydrogen-bond acceptors (Lipinski definition) is 5. The molecule has 5 nitrogen and oxygen atoms in total. The summed E-state index contributed by atoms with van der Waals surface area (Å²) in [4.78, 5) is 0. The second-order valence-electron chi connectivity index (χ2n) is 5.83. The highest BCUT2D eigenvalue weighted by Gasteiger charge is 2.14. The molecule has 0 amide bonds. The molecular formula is C20H18F3N3O2S. The van der Waals surface area contributed by atoms with Crippen LogP contribution in [0.4, 0.5) is 13.2 Å². The first-order valence-corrected chi connectivity index (χ1v) is 9.62. The van der Waals surface area contributed by atoms with Crippen LogP contribution in [0.15, 0.2) is 66.3 Å². The fourth-order valence-corrected chi connectivity index (χ4v) is 3.39. The number of benzene rings is 2. The molecule has 1 heterocycles. The van der Waals surface area contributed by atoms with E-state index >= 15 is 0 Å². The molecule has 0 aliphatic carbocycles. The summed E-state index contributed by atoms with van der Waals surface area (Å²) in [5, 5.41) is 8.95. The quantitative estimate of drug-likeness (QED) is 0.338. The van der Waals surface area contributed by atoms with Crippen molar-refractivity contribution in [1.82, 2.24) is 14.8 Å². The molecule has 0 bridgehead atoms. The van der Waals surface area contributed by atoms with Crippen molar-refractivity contribution in [3.05, 3.63) is 78.4 Å². The van der Waals surface area contributed by atoms with Gasteiger partial charge in [-0.1, -0.05) is 42.1 Å². The molecule has 0 fully saturated rings. The molecule has 0 aliphatic heterocycles. The van der Waals surface area contributed by atoms with Gasteiger partial charge in [0.15, 0.2) is 22.5 Å². The second kappa shape index (κ2) is 10.0. The smallest absolute Gasteiger partial charge is 0.387 e. The number of aromatic nitrogens is 3. The van der Waals surface area contributed by atoms with Gasteiger partial charge in [-0.05, 0) is 29.8 Å². The van der Waals surface area contributed by atoms with Crippen LogP contribution < -0.4 is 9.47 Å². The van der Waals surface area contributed by atoms with Gasteiger partial charge in [-0.15, -0.1) is 16.8 Å². The number of para-hydroxylation sites is 1. The van der Waals surface area contributed by atoms with E-state index in [2.05, 4.69) is 21.5 Å². The minimum Gasteiger partial charge on any atom is -0.483 e. The largest absolute Gasteiger partial charge is 0.483 e. The Morgan fingerprint density at radius 3 is 2.55 bits per heavy atom. The Balaban J connectivity index is 1.65. The maximum Gasteiger partial charge on any atom is 0.387 e. The molecule has 0 radical (unpaired) electrons. The van der Waals surface area contributed by atoms with E-state index in [0.717, 1.165) is 5.56 Å². The minimum atomic E-state index is -2.85. The van der Waals surface area contributed by atoms with E-state index in [1.165, 1.54) is 30.0 Å². The van der Waals surface area contributed by atoms with E-state index in [1.54, 1.807) is 36.4 Å². The van der Waals surface area contributed by atoms with E-state index in [9.17, 15) is 13.2 Å². The van der Waals surface area contributed by atoms with Gasteiger partial charge in [-0.25, -0.2) is 4.39 Å². The van der Waals surface area contributed by atoms with Crippen molar-refractivity contribution in [2.24, 2.45) is 0 Å². The number of thioether (sulfide) groups is 1. The maximum absolute atomic E-state index is 13.7. The number of alkyl halides is 2. The standard InChI is InChI=1S/C20H18F3N3O2S/c1-2-11-26-18(12-27-17-6-4-3-5-16(17)21)24-25-20(26)29-13-14-7-9-15(10-8-14)28-19(22)23/h2-10,19H,1,11-13H2. The third-order valence-corrected chi connectivity index (χ3v) is 4.85. The van der Waals surface area contributed by atoms with E-state index in [1.807, 2.05) is 4.57 Å². The summed E-state index contributed by atoms with van der Waals surface area (Å²) in [5.74, 6) is 0.892. The highest BCUT2D eigenvalue weighted by molar-refractivity contribution is 7.98. The number of hydrogen-bond donors (Lipinski definition) is 0. The van der Waals surface area contributed by atoms with E-state index in [4.69, 9.17) is 4.74 Å². The van der Waals surface area contributed by atoms with Crippen LogP contribution in [-0.4, -0.2) is 21.4 Å². The zero-order valence-electron chi connectivity index (χ0n) is 15.3.